The largest absolute Gasteiger partial charge is 0.378 e. The third-order valence-electron chi connectivity index (χ3n) is 3.70. The molecule has 17 heavy (non-hydrogen) atoms. The third kappa shape index (κ3) is 5.87. The maximum Gasteiger partial charge on any atom is 0.0581 e. The molecule has 2 atom stereocenters. The van der Waals surface area contributed by atoms with Gasteiger partial charge in [-0.15, -0.1) is 0 Å². The van der Waals surface area contributed by atoms with E-state index in [9.17, 15) is 0 Å². The lowest BCUT2D eigenvalue weighted by atomic mass is 9.79. The Morgan fingerprint density at radius 1 is 1.41 bits per heavy atom. The Bertz CT molecular complexity index is 199. The Morgan fingerprint density at radius 2 is 2.18 bits per heavy atom. The van der Waals surface area contributed by atoms with E-state index in [2.05, 4.69) is 33.0 Å². The second kappa shape index (κ2) is 7.38. The van der Waals surface area contributed by atoms with Crippen LogP contribution in [0, 0.1) is 11.3 Å². The van der Waals surface area contributed by atoms with Crippen LogP contribution in [-0.4, -0.2) is 25.8 Å². The van der Waals surface area contributed by atoms with Crippen molar-refractivity contribution in [3.63, 3.8) is 0 Å². The van der Waals surface area contributed by atoms with Gasteiger partial charge < -0.3 is 10.1 Å². The molecule has 1 aliphatic heterocycles. The normalized spacial score (nSPS) is 24.2. The van der Waals surface area contributed by atoms with Gasteiger partial charge in [0.25, 0.3) is 0 Å². The Labute approximate surface area is 108 Å². The Kier molecular flexibility index (Phi) is 6.50. The minimum absolute atomic E-state index is 0.415. The lowest BCUT2D eigenvalue weighted by Gasteiger charge is -2.32. The van der Waals surface area contributed by atoms with Crippen molar-refractivity contribution in [1.82, 2.24) is 5.32 Å². The quantitative estimate of drug-likeness (QED) is 0.701. The zero-order chi connectivity index (χ0) is 12.7. The second-order valence-electron chi connectivity index (χ2n) is 6.42. The molecule has 0 radical (unpaired) electrons. The summed E-state index contributed by atoms with van der Waals surface area (Å²) in [7, 11) is 0. The molecule has 0 aromatic rings. The van der Waals surface area contributed by atoms with Crippen molar-refractivity contribution < 1.29 is 4.74 Å². The van der Waals surface area contributed by atoms with Gasteiger partial charge >= 0.3 is 0 Å². The summed E-state index contributed by atoms with van der Waals surface area (Å²) >= 11 is 0. The van der Waals surface area contributed by atoms with E-state index in [-0.39, 0.29) is 0 Å². The maximum atomic E-state index is 5.79. The van der Waals surface area contributed by atoms with E-state index in [1.807, 2.05) is 0 Å². The van der Waals surface area contributed by atoms with Gasteiger partial charge in [0.05, 0.1) is 6.10 Å². The summed E-state index contributed by atoms with van der Waals surface area (Å²) in [4.78, 5) is 0. The summed E-state index contributed by atoms with van der Waals surface area (Å²) in [6, 6.07) is 0. The first-order valence-corrected chi connectivity index (χ1v) is 7.38. The topological polar surface area (TPSA) is 21.3 Å². The number of hydrogen-bond acceptors (Lipinski definition) is 2. The summed E-state index contributed by atoms with van der Waals surface area (Å²) in [5, 5.41) is 3.63. The molecule has 0 spiro atoms. The van der Waals surface area contributed by atoms with E-state index in [0.29, 0.717) is 11.5 Å². The second-order valence-corrected chi connectivity index (χ2v) is 6.42. The van der Waals surface area contributed by atoms with Crippen LogP contribution in [0.4, 0.5) is 0 Å². The van der Waals surface area contributed by atoms with Crippen LogP contribution in [-0.2, 0) is 4.74 Å². The van der Waals surface area contributed by atoms with Crippen LogP contribution in [0.2, 0.25) is 0 Å². The average molecular weight is 241 g/mol. The standard InChI is InChI=1S/C15H31NO/c1-5-8-15(4,12-16-11-13(2)3)10-14-7-6-9-17-14/h13-14,16H,5-12H2,1-4H3. The van der Waals surface area contributed by atoms with Crippen molar-refractivity contribution in [2.45, 2.75) is 65.9 Å². The highest BCUT2D eigenvalue weighted by atomic mass is 16.5. The van der Waals surface area contributed by atoms with Crippen molar-refractivity contribution in [1.29, 1.82) is 0 Å². The summed E-state index contributed by atoms with van der Waals surface area (Å²) in [5.74, 6) is 0.739. The molecule has 2 heteroatoms. The SMILES string of the molecule is CCCC(C)(CNCC(C)C)CC1CCCO1. The van der Waals surface area contributed by atoms with E-state index < -0.39 is 0 Å². The molecule has 1 heterocycles. The highest BCUT2D eigenvalue weighted by Crippen LogP contribution is 2.32. The van der Waals surface area contributed by atoms with E-state index >= 15 is 0 Å². The molecule has 1 aliphatic rings. The minimum atomic E-state index is 0.415. The molecule has 1 saturated heterocycles. The number of nitrogens with one attached hydrogen (secondary N) is 1. The molecule has 0 aromatic heterocycles. The maximum absolute atomic E-state index is 5.79. The van der Waals surface area contributed by atoms with Crippen LogP contribution in [0.3, 0.4) is 0 Å². The van der Waals surface area contributed by atoms with Gasteiger partial charge in [-0.2, -0.15) is 0 Å². The summed E-state index contributed by atoms with van der Waals surface area (Å²) in [6.45, 7) is 12.5. The molecule has 1 fully saturated rings. The van der Waals surface area contributed by atoms with Crippen LogP contribution in [0.25, 0.3) is 0 Å². The molecule has 0 aromatic carbocycles. The molecule has 2 nitrogen and oxygen atoms in total. The van der Waals surface area contributed by atoms with Crippen molar-refractivity contribution >= 4 is 0 Å². The van der Waals surface area contributed by atoms with Gasteiger partial charge in [-0.05, 0) is 43.6 Å². The molecule has 0 bridgehead atoms. The van der Waals surface area contributed by atoms with Crippen LogP contribution in [0.5, 0.6) is 0 Å². The fraction of sp³-hybridized carbons (Fsp3) is 1.00. The van der Waals surface area contributed by atoms with E-state index in [4.69, 9.17) is 4.74 Å². The predicted molar refractivity (Wildman–Crippen MR) is 74.3 cm³/mol. The Hall–Kier alpha value is -0.0800. The first kappa shape index (κ1) is 15.0. The number of ether oxygens (including phenoxy) is 1. The Morgan fingerprint density at radius 3 is 2.71 bits per heavy atom. The van der Waals surface area contributed by atoms with Crippen LogP contribution in [0.1, 0.15) is 59.8 Å². The van der Waals surface area contributed by atoms with Crippen LogP contribution < -0.4 is 5.32 Å². The molecular formula is C15H31NO. The third-order valence-corrected chi connectivity index (χ3v) is 3.70. The summed E-state index contributed by atoms with van der Waals surface area (Å²) in [6.07, 6.45) is 6.85. The van der Waals surface area contributed by atoms with Crippen molar-refractivity contribution in [3.05, 3.63) is 0 Å². The lowest BCUT2D eigenvalue weighted by Crippen LogP contribution is -2.36. The smallest absolute Gasteiger partial charge is 0.0581 e. The van der Waals surface area contributed by atoms with Gasteiger partial charge in [0.15, 0.2) is 0 Å². The average Bonchev–Trinajstić information content (AvgIpc) is 2.69. The number of hydrogen-bond donors (Lipinski definition) is 1. The lowest BCUT2D eigenvalue weighted by molar-refractivity contribution is 0.0622. The molecule has 102 valence electrons. The van der Waals surface area contributed by atoms with Gasteiger partial charge in [0.1, 0.15) is 0 Å². The van der Waals surface area contributed by atoms with Gasteiger partial charge in [-0.1, -0.05) is 34.1 Å². The van der Waals surface area contributed by atoms with Gasteiger partial charge in [0, 0.05) is 13.2 Å². The van der Waals surface area contributed by atoms with Gasteiger partial charge in [-0.3, -0.25) is 0 Å². The first-order valence-electron chi connectivity index (χ1n) is 7.38. The molecule has 0 aliphatic carbocycles. The van der Waals surface area contributed by atoms with Crippen molar-refractivity contribution in [3.8, 4) is 0 Å². The molecule has 1 N–H and O–H groups in total. The van der Waals surface area contributed by atoms with Gasteiger partial charge in [-0.25, -0.2) is 0 Å². The highest BCUT2D eigenvalue weighted by Gasteiger charge is 2.29. The fourth-order valence-electron chi connectivity index (χ4n) is 2.88. The monoisotopic (exact) mass is 241 g/mol. The van der Waals surface area contributed by atoms with Gasteiger partial charge in [0.2, 0.25) is 0 Å². The first-order chi connectivity index (χ1) is 8.06. The number of rotatable bonds is 8. The van der Waals surface area contributed by atoms with E-state index in [1.54, 1.807) is 0 Å². The molecule has 0 amide bonds. The van der Waals surface area contributed by atoms with Crippen LogP contribution >= 0.6 is 0 Å². The zero-order valence-electron chi connectivity index (χ0n) is 12.2. The fourth-order valence-corrected chi connectivity index (χ4v) is 2.88. The van der Waals surface area contributed by atoms with Crippen molar-refractivity contribution in [2.24, 2.45) is 11.3 Å². The Balaban J connectivity index is 2.36. The zero-order valence-corrected chi connectivity index (χ0v) is 12.2. The molecular weight excluding hydrogens is 210 g/mol. The van der Waals surface area contributed by atoms with E-state index in [1.165, 1.54) is 32.1 Å². The summed E-state index contributed by atoms with van der Waals surface area (Å²) < 4.78 is 5.79. The van der Waals surface area contributed by atoms with Crippen molar-refractivity contribution in [2.75, 3.05) is 19.7 Å². The summed E-state index contributed by atoms with van der Waals surface area (Å²) in [5.41, 5.74) is 0.415. The highest BCUT2D eigenvalue weighted by molar-refractivity contribution is 4.82. The molecule has 0 saturated carbocycles. The predicted octanol–water partition coefficient (Wildman–Crippen LogP) is 3.61. The van der Waals surface area contributed by atoms with E-state index in [0.717, 1.165) is 25.6 Å². The minimum Gasteiger partial charge on any atom is -0.378 e. The molecule has 2 unspecified atom stereocenters. The van der Waals surface area contributed by atoms with Crippen LogP contribution in [0.15, 0.2) is 0 Å². The molecule has 1 rings (SSSR count).